The Morgan fingerprint density at radius 3 is 2.23 bits per heavy atom. The number of anilines is 1. The van der Waals surface area contributed by atoms with E-state index in [-0.39, 0.29) is 17.9 Å². The fraction of sp³-hybridized carbons (Fsp3) is 0.516. The van der Waals surface area contributed by atoms with E-state index in [1.165, 1.54) is 0 Å². The van der Waals surface area contributed by atoms with E-state index in [0.717, 1.165) is 41.5 Å². The Kier molecular flexibility index (Phi) is 10.5. The molecule has 2 unspecified atom stereocenters. The molecule has 1 aliphatic carbocycles. The highest BCUT2D eigenvalue weighted by atomic mass is 32.2. The highest BCUT2D eigenvalue weighted by Crippen LogP contribution is 2.35. The molecule has 39 heavy (non-hydrogen) atoms. The van der Waals surface area contributed by atoms with Crippen molar-refractivity contribution in [3.63, 3.8) is 0 Å². The number of hydrogen-bond donors (Lipinski definition) is 2. The predicted octanol–water partition coefficient (Wildman–Crippen LogP) is 6.32. The normalized spacial score (nSPS) is 15.1. The Morgan fingerprint density at radius 1 is 1.05 bits per heavy atom. The number of rotatable bonds is 10. The Morgan fingerprint density at radius 2 is 1.69 bits per heavy atom. The number of alkyl carbamates (subject to hydrolysis) is 1. The summed E-state index contributed by atoms with van der Waals surface area (Å²) in [6.45, 7) is 11.3. The van der Waals surface area contributed by atoms with Gasteiger partial charge in [-0.25, -0.2) is 4.79 Å². The van der Waals surface area contributed by atoms with Crippen molar-refractivity contribution < 1.29 is 19.1 Å². The molecule has 8 heteroatoms. The lowest BCUT2D eigenvalue weighted by Gasteiger charge is -2.43. The molecule has 0 radical (unpaired) electrons. The lowest BCUT2D eigenvalue weighted by molar-refractivity contribution is -0.145. The smallest absolute Gasteiger partial charge is 0.408 e. The van der Waals surface area contributed by atoms with E-state index in [4.69, 9.17) is 4.74 Å². The van der Waals surface area contributed by atoms with E-state index < -0.39 is 23.8 Å². The van der Waals surface area contributed by atoms with Crippen LogP contribution in [0, 0.1) is 20.8 Å². The van der Waals surface area contributed by atoms with Gasteiger partial charge in [0, 0.05) is 11.7 Å². The van der Waals surface area contributed by atoms with Gasteiger partial charge in [-0.2, -0.15) is 11.8 Å². The molecule has 2 N–H and O–H groups in total. The molecule has 2 aromatic carbocycles. The lowest BCUT2D eigenvalue weighted by atomic mass is 9.87. The van der Waals surface area contributed by atoms with E-state index >= 15 is 0 Å². The van der Waals surface area contributed by atoms with Crippen LogP contribution in [0.2, 0.25) is 0 Å². The Bertz CT molecular complexity index is 1150. The number of thioether (sulfide) groups is 1. The van der Waals surface area contributed by atoms with Crippen molar-refractivity contribution >= 4 is 35.4 Å². The summed E-state index contributed by atoms with van der Waals surface area (Å²) in [4.78, 5) is 43.0. The standard InChI is InChI=1S/C31H43N3O4S/c1-20-17-21(2)19-23(18-20)27(28(35)32-25-14-9-8-11-22(25)3)34(24-12-10-13-24)29(36)26(15-16-39-7)33-30(37)38-31(4,5)6/h8-9,11,14,17-19,24,26-27H,10,12-13,15-16H2,1-7H3,(H,32,35)(H,33,37). The molecule has 7 nitrogen and oxygen atoms in total. The van der Waals surface area contributed by atoms with E-state index in [9.17, 15) is 14.4 Å². The number of carbonyl (C=O) groups is 3. The monoisotopic (exact) mass is 553 g/mol. The predicted molar refractivity (Wildman–Crippen MR) is 159 cm³/mol. The molecule has 1 aliphatic rings. The number of benzene rings is 2. The van der Waals surface area contributed by atoms with Crippen molar-refractivity contribution in [2.75, 3.05) is 17.3 Å². The van der Waals surface area contributed by atoms with Gasteiger partial charge in [0.15, 0.2) is 0 Å². The molecule has 0 spiro atoms. The number of carbonyl (C=O) groups excluding carboxylic acids is 3. The molecule has 0 saturated heterocycles. The van der Waals surface area contributed by atoms with Crippen LogP contribution >= 0.6 is 11.8 Å². The number of amides is 3. The number of para-hydroxylation sites is 1. The molecule has 2 atom stereocenters. The summed E-state index contributed by atoms with van der Waals surface area (Å²) in [5.41, 5.74) is 3.76. The molecule has 1 saturated carbocycles. The van der Waals surface area contributed by atoms with Gasteiger partial charge in [-0.15, -0.1) is 0 Å². The van der Waals surface area contributed by atoms with Gasteiger partial charge < -0.3 is 20.3 Å². The maximum Gasteiger partial charge on any atom is 0.408 e. The number of aryl methyl sites for hydroxylation is 3. The van der Waals surface area contributed by atoms with Crippen LogP contribution in [-0.2, 0) is 14.3 Å². The van der Waals surface area contributed by atoms with Gasteiger partial charge in [0.25, 0.3) is 5.91 Å². The largest absolute Gasteiger partial charge is 0.444 e. The molecule has 2 aromatic rings. The first-order valence-electron chi connectivity index (χ1n) is 13.6. The van der Waals surface area contributed by atoms with Crippen LogP contribution in [0.15, 0.2) is 42.5 Å². The zero-order valence-electron chi connectivity index (χ0n) is 24.3. The third kappa shape index (κ3) is 8.49. The second-order valence-electron chi connectivity index (χ2n) is 11.4. The summed E-state index contributed by atoms with van der Waals surface area (Å²) in [6.07, 6.45) is 4.37. The summed E-state index contributed by atoms with van der Waals surface area (Å²) in [5, 5.41) is 5.91. The lowest BCUT2D eigenvalue weighted by Crippen LogP contribution is -2.57. The Balaban J connectivity index is 2.05. The van der Waals surface area contributed by atoms with Gasteiger partial charge in [0.05, 0.1) is 0 Å². The van der Waals surface area contributed by atoms with Gasteiger partial charge in [0.1, 0.15) is 17.7 Å². The third-order valence-electron chi connectivity index (χ3n) is 6.81. The van der Waals surface area contributed by atoms with Crippen molar-refractivity contribution in [1.29, 1.82) is 0 Å². The quantitative estimate of drug-likeness (QED) is 0.360. The summed E-state index contributed by atoms with van der Waals surface area (Å²) in [7, 11) is 0. The van der Waals surface area contributed by atoms with Gasteiger partial charge >= 0.3 is 6.09 Å². The van der Waals surface area contributed by atoms with Crippen LogP contribution in [0.4, 0.5) is 10.5 Å². The second kappa shape index (κ2) is 13.4. The molecule has 1 fully saturated rings. The molecule has 0 bridgehead atoms. The second-order valence-corrected chi connectivity index (χ2v) is 12.4. The van der Waals surface area contributed by atoms with Gasteiger partial charge in [-0.3, -0.25) is 9.59 Å². The highest BCUT2D eigenvalue weighted by Gasteiger charge is 2.42. The van der Waals surface area contributed by atoms with Crippen LogP contribution in [-0.4, -0.2) is 52.5 Å². The number of nitrogens with zero attached hydrogens (tertiary/aromatic N) is 1. The maximum atomic E-state index is 14.4. The molecule has 3 rings (SSSR count). The molecular formula is C31H43N3O4S. The Hall–Kier alpha value is -3.00. The topological polar surface area (TPSA) is 87.7 Å². The molecule has 0 aromatic heterocycles. The summed E-state index contributed by atoms with van der Waals surface area (Å²) in [6, 6.07) is 11.9. The molecule has 0 aliphatic heterocycles. The van der Waals surface area contributed by atoms with E-state index in [1.54, 1.807) is 37.4 Å². The van der Waals surface area contributed by atoms with E-state index in [1.807, 2.05) is 63.4 Å². The fourth-order valence-corrected chi connectivity index (χ4v) is 5.30. The molecule has 3 amide bonds. The molecule has 212 valence electrons. The van der Waals surface area contributed by atoms with Crippen molar-refractivity contribution in [3.8, 4) is 0 Å². The van der Waals surface area contributed by atoms with Crippen LogP contribution < -0.4 is 10.6 Å². The van der Waals surface area contributed by atoms with Crippen LogP contribution in [0.5, 0.6) is 0 Å². The van der Waals surface area contributed by atoms with E-state index in [2.05, 4.69) is 16.7 Å². The van der Waals surface area contributed by atoms with Crippen LogP contribution in [0.3, 0.4) is 0 Å². The van der Waals surface area contributed by atoms with Crippen LogP contribution in [0.25, 0.3) is 0 Å². The maximum absolute atomic E-state index is 14.4. The van der Waals surface area contributed by atoms with Gasteiger partial charge in [-0.1, -0.05) is 47.5 Å². The zero-order chi connectivity index (χ0) is 28.7. The zero-order valence-corrected chi connectivity index (χ0v) is 25.1. The summed E-state index contributed by atoms with van der Waals surface area (Å²) < 4.78 is 5.49. The summed E-state index contributed by atoms with van der Waals surface area (Å²) >= 11 is 1.60. The average molecular weight is 554 g/mol. The Labute approximate surface area is 237 Å². The number of hydrogen-bond acceptors (Lipinski definition) is 5. The first-order chi connectivity index (χ1) is 18.4. The SMILES string of the molecule is CSCCC(NC(=O)OC(C)(C)C)C(=O)N(C1CCC1)C(C(=O)Nc1ccccc1C)c1cc(C)cc(C)c1. The van der Waals surface area contributed by atoms with Crippen molar-refractivity contribution in [2.45, 2.75) is 91.0 Å². The summed E-state index contributed by atoms with van der Waals surface area (Å²) in [5.74, 6) is 0.146. The average Bonchev–Trinajstić information content (AvgIpc) is 2.79. The third-order valence-corrected chi connectivity index (χ3v) is 7.46. The fourth-order valence-electron chi connectivity index (χ4n) is 4.83. The van der Waals surface area contributed by atoms with Gasteiger partial charge in [0.2, 0.25) is 5.91 Å². The molecular weight excluding hydrogens is 510 g/mol. The minimum absolute atomic E-state index is 0.0943. The highest BCUT2D eigenvalue weighted by molar-refractivity contribution is 7.98. The number of nitrogens with one attached hydrogen (secondary N) is 2. The minimum atomic E-state index is -0.849. The van der Waals surface area contributed by atoms with Gasteiger partial charge in [-0.05, 0) is 96.4 Å². The van der Waals surface area contributed by atoms with Crippen molar-refractivity contribution in [3.05, 3.63) is 64.7 Å². The minimum Gasteiger partial charge on any atom is -0.444 e. The first-order valence-corrected chi connectivity index (χ1v) is 15.0. The first kappa shape index (κ1) is 30.5. The van der Waals surface area contributed by atoms with Crippen molar-refractivity contribution in [2.24, 2.45) is 0 Å². The van der Waals surface area contributed by atoms with E-state index in [0.29, 0.717) is 17.9 Å². The van der Waals surface area contributed by atoms with Crippen molar-refractivity contribution in [1.82, 2.24) is 10.2 Å². The van der Waals surface area contributed by atoms with Crippen LogP contribution in [0.1, 0.15) is 74.8 Å². The number of ether oxygens (including phenoxy) is 1. The molecule has 0 heterocycles.